The maximum atomic E-state index is 13.8. The molecule has 1 atom stereocenters. The molecule has 1 heterocycles. The predicted octanol–water partition coefficient (Wildman–Crippen LogP) is 3.61. The first-order valence-electron chi connectivity index (χ1n) is 7.33. The smallest absolute Gasteiger partial charge is 0.271 e. The molecule has 0 radical (unpaired) electrons. The van der Waals surface area contributed by atoms with Crippen LogP contribution in [0.4, 0.5) is 8.78 Å². The molecular weight excluding hydrogens is 356 g/mol. The van der Waals surface area contributed by atoms with Crippen molar-refractivity contribution in [3.8, 4) is 10.6 Å². The van der Waals surface area contributed by atoms with E-state index in [-0.39, 0.29) is 40.6 Å². The van der Waals surface area contributed by atoms with Crippen LogP contribution in [0.25, 0.3) is 10.6 Å². The summed E-state index contributed by atoms with van der Waals surface area (Å²) in [7, 11) is 0. The molecule has 1 aromatic heterocycles. The number of amides is 1. The Balaban J connectivity index is 0.00000288. The maximum absolute atomic E-state index is 13.8. The summed E-state index contributed by atoms with van der Waals surface area (Å²) in [5.41, 5.74) is 5.57. The highest BCUT2D eigenvalue weighted by atomic mass is 35.5. The van der Waals surface area contributed by atoms with Crippen molar-refractivity contribution in [2.45, 2.75) is 26.3 Å². The highest BCUT2D eigenvalue weighted by molar-refractivity contribution is 7.13. The Kier molecular flexibility index (Phi) is 7.72. The molecule has 0 spiro atoms. The van der Waals surface area contributed by atoms with E-state index < -0.39 is 11.6 Å². The van der Waals surface area contributed by atoms with E-state index in [4.69, 9.17) is 5.73 Å². The highest BCUT2D eigenvalue weighted by Gasteiger charge is 2.19. The molecule has 0 aliphatic carbocycles. The number of benzene rings is 1. The zero-order chi connectivity index (χ0) is 17.0. The van der Waals surface area contributed by atoms with Crippen molar-refractivity contribution in [2.75, 3.05) is 6.54 Å². The molecule has 1 aromatic carbocycles. The first-order chi connectivity index (χ1) is 10.9. The monoisotopic (exact) mass is 375 g/mol. The van der Waals surface area contributed by atoms with Crippen molar-refractivity contribution in [2.24, 2.45) is 11.7 Å². The number of nitrogens with one attached hydrogen (secondary N) is 1. The van der Waals surface area contributed by atoms with Crippen LogP contribution in [0, 0.1) is 17.6 Å². The largest absolute Gasteiger partial charge is 0.347 e. The molecule has 1 amide bonds. The van der Waals surface area contributed by atoms with Gasteiger partial charge in [-0.25, -0.2) is 13.8 Å². The molecule has 2 rings (SSSR count). The van der Waals surface area contributed by atoms with Crippen LogP contribution in [-0.4, -0.2) is 23.5 Å². The van der Waals surface area contributed by atoms with Crippen LogP contribution < -0.4 is 11.1 Å². The van der Waals surface area contributed by atoms with E-state index in [1.54, 1.807) is 0 Å². The average Bonchev–Trinajstić information content (AvgIpc) is 2.95. The molecule has 24 heavy (non-hydrogen) atoms. The molecule has 4 nitrogen and oxygen atoms in total. The second-order valence-corrected chi connectivity index (χ2v) is 6.53. The minimum atomic E-state index is -0.703. The number of nitrogens with zero attached hydrogens (tertiary/aromatic N) is 1. The molecule has 0 saturated heterocycles. The fourth-order valence-electron chi connectivity index (χ4n) is 2.24. The summed E-state index contributed by atoms with van der Waals surface area (Å²) in [5.74, 6) is -1.40. The first kappa shape index (κ1) is 20.5. The normalized spacial score (nSPS) is 11.9. The van der Waals surface area contributed by atoms with Gasteiger partial charge >= 0.3 is 0 Å². The second-order valence-electron chi connectivity index (χ2n) is 5.67. The number of nitrogens with two attached hydrogens (primary N) is 1. The molecular formula is C16H20ClF2N3OS. The van der Waals surface area contributed by atoms with Gasteiger partial charge in [0.1, 0.15) is 22.3 Å². The lowest BCUT2D eigenvalue weighted by atomic mass is 10.0. The van der Waals surface area contributed by atoms with E-state index >= 15 is 0 Å². The minimum absolute atomic E-state index is 0. The Labute approximate surface area is 149 Å². The summed E-state index contributed by atoms with van der Waals surface area (Å²) in [6, 6.07) is 3.45. The van der Waals surface area contributed by atoms with Crippen molar-refractivity contribution in [3.63, 3.8) is 0 Å². The Morgan fingerprint density at radius 2 is 1.96 bits per heavy atom. The summed E-state index contributed by atoms with van der Waals surface area (Å²) in [6.45, 7) is 4.40. The van der Waals surface area contributed by atoms with Crippen LogP contribution in [0.2, 0.25) is 0 Å². The van der Waals surface area contributed by atoms with E-state index in [1.165, 1.54) is 11.4 Å². The number of thiazole rings is 1. The van der Waals surface area contributed by atoms with Crippen LogP contribution >= 0.6 is 23.7 Å². The molecule has 0 fully saturated rings. The number of aromatic nitrogens is 1. The van der Waals surface area contributed by atoms with Gasteiger partial charge in [0.2, 0.25) is 0 Å². The molecule has 0 saturated carbocycles. The number of rotatable bonds is 6. The van der Waals surface area contributed by atoms with Crippen molar-refractivity contribution >= 4 is 29.7 Å². The number of hydrogen-bond acceptors (Lipinski definition) is 4. The minimum Gasteiger partial charge on any atom is -0.347 e. The lowest BCUT2D eigenvalue weighted by Crippen LogP contribution is -2.41. The third-order valence-electron chi connectivity index (χ3n) is 3.29. The maximum Gasteiger partial charge on any atom is 0.271 e. The molecule has 3 N–H and O–H groups in total. The molecule has 0 aliphatic rings. The fourth-order valence-corrected chi connectivity index (χ4v) is 3.08. The van der Waals surface area contributed by atoms with Gasteiger partial charge in [-0.3, -0.25) is 4.79 Å². The zero-order valence-electron chi connectivity index (χ0n) is 13.4. The number of halogens is 3. The number of hydrogen-bond donors (Lipinski definition) is 2. The highest BCUT2D eigenvalue weighted by Crippen LogP contribution is 2.28. The summed E-state index contributed by atoms with van der Waals surface area (Å²) < 4.78 is 27.5. The standard InChI is InChI=1S/C16H19F2N3OS.ClH/c1-9(2)6-10(7-19)20-15(22)13-8-23-16(21-13)14-11(17)4-3-5-12(14)18;/h3-5,8-10H,6-7,19H2,1-2H3,(H,20,22);1H. The lowest BCUT2D eigenvalue weighted by Gasteiger charge is -2.18. The van der Waals surface area contributed by atoms with Crippen LogP contribution in [0.5, 0.6) is 0 Å². The van der Waals surface area contributed by atoms with Crippen molar-refractivity contribution in [1.82, 2.24) is 10.3 Å². The van der Waals surface area contributed by atoms with Crippen LogP contribution in [0.15, 0.2) is 23.6 Å². The zero-order valence-corrected chi connectivity index (χ0v) is 15.0. The fraction of sp³-hybridized carbons (Fsp3) is 0.375. The van der Waals surface area contributed by atoms with Crippen molar-refractivity contribution in [3.05, 3.63) is 40.9 Å². The van der Waals surface area contributed by atoms with Gasteiger partial charge in [0, 0.05) is 18.0 Å². The third-order valence-corrected chi connectivity index (χ3v) is 4.15. The Bertz CT molecular complexity index is 673. The van der Waals surface area contributed by atoms with Gasteiger partial charge in [-0.05, 0) is 24.5 Å². The number of carbonyl (C=O) groups excluding carboxylic acids is 1. The van der Waals surface area contributed by atoms with Gasteiger partial charge in [0.25, 0.3) is 5.91 Å². The van der Waals surface area contributed by atoms with E-state index in [9.17, 15) is 13.6 Å². The van der Waals surface area contributed by atoms with Gasteiger partial charge < -0.3 is 11.1 Å². The Morgan fingerprint density at radius 3 is 2.50 bits per heavy atom. The molecule has 0 aliphatic heterocycles. The van der Waals surface area contributed by atoms with E-state index in [1.807, 2.05) is 13.8 Å². The second kappa shape index (κ2) is 9.05. The SMILES string of the molecule is CC(C)CC(CN)NC(=O)c1csc(-c2c(F)cccc2F)n1.Cl. The van der Waals surface area contributed by atoms with Gasteiger partial charge in [-0.15, -0.1) is 23.7 Å². The lowest BCUT2D eigenvalue weighted by molar-refractivity contribution is 0.0929. The summed E-state index contributed by atoms with van der Waals surface area (Å²) in [6.07, 6.45) is 0.751. The Hall–Kier alpha value is -1.57. The van der Waals surface area contributed by atoms with Gasteiger partial charge in [0.15, 0.2) is 0 Å². The summed E-state index contributed by atoms with van der Waals surface area (Å²) in [5, 5.41) is 4.42. The van der Waals surface area contributed by atoms with E-state index in [0.29, 0.717) is 12.5 Å². The molecule has 1 unspecified atom stereocenters. The summed E-state index contributed by atoms with van der Waals surface area (Å²) in [4.78, 5) is 16.3. The predicted molar refractivity (Wildman–Crippen MR) is 94.5 cm³/mol. The molecule has 2 aromatic rings. The van der Waals surface area contributed by atoms with Gasteiger partial charge in [-0.1, -0.05) is 19.9 Å². The molecule has 132 valence electrons. The van der Waals surface area contributed by atoms with E-state index in [2.05, 4.69) is 10.3 Å². The summed E-state index contributed by atoms with van der Waals surface area (Å²) >= 11 is 1.02. The van der Waals surface area contributed by atoms with Crippen molar-refractivity contribution in [1.29, 1.82) is 0 Å². The van der Waals surface area contributed by atoms with Crippen LogP contribution in [0.1, 0.15) is 30.8 Å². The average molecular weight is 376 g/mol. The first-order valence-corrected chi connectivity index (χ1v) is 8.21. The third kappa shape index (κ3) is 4.96. The van der Waals surface area contributed by atoms with Crippen LogP contribution in [-0.2, 0) is 0 Å². The molecule has 0 bridgehead atoms. The van der Waals surface area contributed by atoms with Gasteiger partial charge in [0.05, 0.1) is 5.56 Å². The molecule has 8 heteroatoms. The topological polar surface area (TPSA) is 68.0 Å². The Morgan fingerprint density at radius 1 is 1.33 bits per heavy atom. The van der Waals surface area contributed by atoms with E-state index in [0.717, 1.165) is 29.9 Å². The van der Waals surface area contributed by atoms with Gasteiger partial charge in [-0.2, -0.15) is 0 Å². The van der Waals surface area contributed by atoms with Crippen molar-refractivity contribution < 1.29 is 13.6 Å². The van der Waals surface area contributed by atoms with Crippen LogP contribution in [0.3, 0.4) is 0 Å². The quantitative estimate of drug-likeness (QED) is 0.810. The number of carbonyl (C=O) groups is 1.